The van der Waals surface area contributed by atoms with Crippen molar-refractivity contribution in [3.63, 3.8) is 0 Å². The second-order valence-electron chi connectivity index (χ2n) is 5.67. The number of hydrogen-bond acceptors (Lipinski definition) is 4. The normalized spacial score (nSPS) is 19.2. The molecule has 1 heterocycles. The Morgan fingerprint density at radius 2 is 2.33 bits per heavy atom. The van der Waals surface area contributed by atoms with E-state index in [0.29, 0.717) is 29.5 Å². The number of rotatable bonds is 5. The van der Waals surface area contributed by atoms with Crippen molar-refractivity contribution in [3.05, 3.63) is 23.8 Å². The Labute approximate surface area is 126 Å². The van der Waals surface area contributed by atoms with E-state index < -0.39 is 0 Å². The summed E-state index contributed by atoms with van der Waals surface area (Å²) in [5.41, 5.74) is 6.98. The molecule has 0 radical (unpaired) electrons. The number of nitrogen functional groups attached to an aromatic ring is 1. The molecule has 21 heavy (non-hydrogen) atoms. The molecule has 5 heteroatoms. The van der Waals surface area contributed by atoms with E-state index >= 15 is 0 Å². The molecule has 1 atom stereocenters. The third kappa shape index (κ3) is 4.36. The largest absolute Gasteiger partial charge is 0.492 e. The van der Waals surface area contributed by atoms with Gasteiger partial charge >= 0.3 is 0 Å². The number of ether oxygens (including phenoxy) is 1. The van der Waals surface area contributed by atoms with E-state index in [-0.39, 0.29) is 5.91 Å². The topological polar surface area (TPSA) is 67.6 Å². The van der Waals surface area contributed by atoms with Gasteiger partial charge in [-0.05, 0) is 57.5 Å². The standard InChI is InChI=1S/C16H25N3O2/c1-3-21-15-7-6-13(9-14(15)17)16(20)18-10-12-5-4-8-19(2)11-12/h6-7,9,12H,3-5,8,10-11,17H2,1-2H3,(H,18,20). The molecular weight excluding hydrogens is 266 g/mol. The van der Waals surface area contributed by atoms with Gasteiger partial charge in [-0.1, -0.05) is 0 Å². The Bertz CT molecular complexity index is 490. The molecule has 1 aromatic carbocycles. The molecular formula is C16H25N3O2. The number of nitrogens with zero attached hydrogens (tertiary/aromatic N) is 1. The second-order valence-corrected chi connectivity index (χ2v) is 5.67. The highest BCUT2D eigenvalue weighted by atomic mass is 16.5. The summed E-state index contributed by atoms with van der Waals surface area (Å²) in [6.07, 6.45) is 2.38. The van der Waals surface area contributed by atoms with Gasteiger partial charge in [0.05, 0.1) is 12.3 Å². The minimum Gasteiger partial charge on any atom is -0.492 e. The minimum absolute atomic E-state index is 0.0713. The van der Waals surface area contributed by atoms with Gasteiger partial charge in [0.25, 0.3) is 5.91 Å². The summed E-state index contributed by atoms with van der Waals surface area (Å²) >= 11 is 0. The number of hydrogen-bond donors (Lipinski definition) is 2. The summed E-state index contributed by atoms with van der Waals surface area (Å²) in [5.74, 6) is 1.09. The molecule has 3 N–H and O–H groups in total. The molecule has 0 aliphatic carbocycles. The minimum atomic E-state index is -0.0713. The van der Waals surface area contributed by atoms with Crippen molar-refractivity contribution in [2.75, 3.05) is 39.0 Å². The predicted octanol–water partition coefficient (Wildman–Crippen LogP) is 1.74. The molecule has 1 saturated heterocycles. The van der Waals surface area contributed by atoms with Crippen LogP contribution in [-0.2, 0) is 0 Å². The van der Waals surface area contributed by atoms with Crippen LogP contribution in [-0.4, -0.2) is 44.1 Å². The van der Waals surface area contributed by atoms with Crippen LogP contribution in [0.5, 0.6) is 5.75 Å². The van der Waals surface area contributed by atoms with E-state index in [1.54, 1.807) is 18.2 Å². The third-order valence-corrected chi connectivity index (χ3v) is 3.85. The summed E-state index contributed by atoms with van der Waals surface area (Å²) in [5, 5.41) is 3.01. The zero-order valence-electron chi connectivity index (χ0n) is 12.9. The van der Waals surface area contributed by atoms with Gasteiger partial charge in [0.2, 0.25) is 0 Å². The highest BCUT2D eigenvalue weighted by Gasteiger charge is 2.18. The first-order chi connectivity index (χ1) is 10.1. The quantitative estimate of drug-likeness (QED) is 0.811. The van der Waals surface area contributed by atoms with Crippen molar-refractivity contribution in [2.45, 2.75) is 19.8 Å². The summed E-state index contributed by atoms with van der Waals surface area (Å²) in [6.45, 7) is 5.38. The molecule has 0 saturated carbocycles. The van der Waals surface area contributed by atoms with Crippen LogP contribution in [0.4, 0.5) is 5.69 Å². The van der Waals surface area contributed by atoms with Crippen LogP contribution in [0.2, 0.25) is 0 Å². The van der Waals surface area contributed by atoms with Crippen LogP contribution in [0, 0.1) is 5.92 Å². The first-order valence-electron chi connectivity index (χ1n) is 7.59. The molecule has 1 fully saturated rings. The summed E-state index contributed by atoms with van der Waals surface area (Å²) in [4.78, 5) is 14.5. The van der Waals surface area contributed by atoms with E-state index in [1.807, 2.05) is 6.92 Å². The van der Waals surface area contributed by atoms with Crippen LogP contribution < -0.4 is 15.8 Å². The number of piperidine rings is 1. The van der Waals surface area contributed by atoms with Gasteiger partial charge in [0.1, 0.15) is 5.75 Å². The fourth-order valence-electron chi connectivity index (χ4n) is 2.76. The van der Waals surface area contributed by atoms with Crippen molar-refractivity contribution in [1.29, 1.82) is 0 Å². The number of anilines is 1. The number of benzene rings is 1. The molecule has 0 bridgehead atoms. The van der Waals surface area contributed by atoms with Crippen molar-refractivity contribution in [3.8, 4) is 5.75 Å². The first kappa shape index (κ1) is 15.6. The lowest BCUT2D eigenvalue weighted by Gasteiger charge is -2.29. The smallest absolute Gasteiger partial charge is 0.251 e. The molecule has 1 aromatic rings. The van der Waals surface area contributed by atoms with Gasteiger partial charge in [0.15, 0.2) is 0 Å². The Kier molecular flexibility index (Phi) is 5.44. The van der Waals surface area contributed by atoms with Crippen molar-refractivity contribution in [1.82, 2.24) is 10.2 Å². The lowest BCUT2D eigenvalue weighted by Crippen LogP contribution is -2.39. The van der Waals surface area contributed by atoms with Gasteiger partial charge in [-0.25, -0.2) is 0 Å². The van der Waals surface area contributed by atoms with Gasteiger partial charge in [0, 0.05) is 18.7 Å². The summed E-state index contributed by atoms with van der Waals surface area (Å²) < 4.78 is 5.38. The predicted molar refractivity (Wildman–Crippen MR) is 84.6 cm³/mol. The maximum absolute atomic E-state index is 12.2. The molecule has 1 aliphatic heterocycles. The van der Waals surface area contributed by atoms with Gasteiger partial charge < -0.3 is 20.7 Å². The van der Waals surface area contributed by atoms with E-state index in [1.165, 1.54) is 12.8 Å². The van der Waals surface area contributed by atoms with Crippen LogP contribution in [0.15, 0.2) is 18.2 Å². The Morgan fingerprint density at radius 3 is 3.00 bits per heavy atom. The second kappa shape index (κ2) is 7.31. The van der Waals surface area contributed by atoms with Gasteiger partial charge in [-0.3, -0.25) is 4.79 Å². The Morgan fingerprint density at radius 1 is 1.52 bits per heavy atom. The van der Waals surface area contributed by atoms with Crippen LogP contribution in [0.3, 0.4) is 0 Å². The SMILES string of the molecule is CCOc1ccc(C(=O)NCC2CCCN(C)C2)cc1N. The maximum atomic E-state index is 12.2. The molecule has 0 spiro atoms. The Hall–Kier alpha value is -1.75. The number of nitrogens with two attached hydrogens (primary N) is 1. The number of carbonyl (C=O) groups excluding carboxylic acids is 1. The maximum Gasteiger partial charge on any atom is 0.251 e. The van der Waals surface area contributed by atoms with E-state index in [0.717, 1.165) is 19.6 Å². The lowest BCUT2D eigenvalue weighted by molar-refractivity contribution is 0.0937. The van der Waals surface area contributed by atoms with Crippen LogP contribution in [0.1, 0.15) is 30.1 Å². The zero-order chi connectivity index (χ0) is 15.2. The fourth-order valence-corrected chi connectivity index (χ4v) is 2.76. The van der Waals surface area contributed by atoms with Crippen LogP contribution >= 0.6 is 0 Å². The molecule has 0 aromatic heterocycles. The van der Waals surface area contributed by atoms with Gasteiger partial charge in [-0.15, -0.1) is 0 Å². The molecule has 116 valence electrons. The van der Waals surface area contributed by atoms with Gasteiger partial charge in [-0.2, -0.15) is 0 Å². The zero-order valence-corrected chi connectivity index (χ0v) is 12.9. The van der Waals surface area contributed by atoms with Crippen molar-refractivity contribution < 1.29 is 9.53 Å². The molecule has 1 unspecified atom stereocenters. The number of nitrogens with one attached hydrogen (secondary N) is 1. The average Bonchev–Trinajstić information content (AvgIpc) is 2.47. The highest BCUT2D eigenvalue weighted by Crippen LogP contribution is 2.22. The molecule has 5 nitrogen and oxygen atoms in total. The molecule has 1 aliphatic rings. The van der Waals surface area contributed by atoms with Crippen LogP contribution in [0.25, 0.3) is 0 Å². The van der Waals surface area contributed by atoms with Crippen molar-refractivity contribution >= 4 is 11.6 Å². The first-order valence-corrected chi connectivity index (χ1v) is 7.59. The number of likely N-dealkylation sites (tertiary alicyclic amines) is 1. The number of amides is 1. The number of carbonyl (C=O) groups is 1. The van der Waals surface area contributed by atoms with E-state index in [9.17, 15) is 4.79 Å². The summed E-state index contributed by atoms with van der Waals surface area (Å²) in [7, 11) is 2.13. The summed E-state index contributed by atoms with van der Waals surface area (Å²) in [6, 6.07) is 5.18. The van der Waals surface area contributed by atoms with E-state index in [2.05, 4.69) is 17.3 Å². The van der Waals surface area contributed by atoms with E-state index in [4.69, 9.17) is 10.5 Å². The molecule has 1 amide bonds. The van der Waals surface area contributed by atoms with Crippen molar-refractivity contribution in [2.24, 2.45) is 5.92 Å². The fraction of sp³-hybridized carbons (Fsp3) is 0.562. The average molecular weight is 291 g/mol. The third-order valence-electron chi connectivity index (χ3n) is 3.85. The highest BCUT2D eigenvalue weighted by molar-refractivity contribution is 5.95. The Balaban J connectivity index is 1.89. The monoisotopic (exact) mass is 291 g/mol. The molecule has 2 rings (SSSR count). The lowest BCUT2D eigenvalue weighted by atomic mass is 9.98.